The molecule has 0 aromatic heterocycles. The molecule has 2 aromatic rings. The van der Waals surface area contributed by atoms with Gasteiger partial charge < -0.3 is 9.84 Å². The zero-order valence-electron chi connectivity index (χ0n) is 19.6. The van der Waals surface area contributed by atoms with Crippen LogP contribution in [0.25, 0.3) is 0 Å². The molecule has 1 fully saturated rings. The maximum absolute atomic E-state index is 13.3. The van der Waals surface area contributed by atoms with Gasteiger partial charge >= 0.3 is 11.9 Å². The number of ether oxygens (including phenoxy) is 1. The van der Waals surface area contributed by atoms with Crippen molar-refractivity contribution in [2.24, 2.45) is 16.3 Å². The number of carbonyl (C=O) groups excluding carboxylic acids is 1. The number of esters is 1. The summed E-state index contributed by atoms with van der Waals surface area (Å²) >= 11 is 0. The Hall–Kier alpha value is -3.65. The van der Waals surface area contributed by atoms with Crippen molar-refractivity contribution in [3.8, 4) is 11.8 Å². The predicted octanol–water partition coefficient (Wildman–Crippen LogP) is 4.85. The fourth-order valence-corrected chi connectivity index (χ4v) is 4.77. The summed E-state index contributed by atoms with van der Waals surface area (Å²) in [6.07, 6.45) is 3.00. The Morgan fingerprint density at radius 3 is 2.26 bits per heavy atom. The Labute approximate surface area is 200 Å². The molecule has 4 rings (SSSR count). The third-order valence-corrected chi connectivity index (χ3v) is 6.65. The highest BCUT2D eigenvalue weighted by molar-refractivity contribution is 6.14. The number of aliphatic imine (C=N–C) groups is 1. The van der Waals surface area contributed by atoms with E-state index in [4.69, 9.17) is 9.73 Å². The number of carbonyl (C=O) groups is 2. The second-order valence-corrected chi connectivity index (χ2v) is 8.82. The molecule has 2 aliphatic rings. The van der Waals surface area contributed by atoms with Crippen molar-refractivity contribution in [1.82, 2.24) is 0 Å². The van der Waals surface area contributed by atoms with E-state index in [1.165, 1.54) is 0 Å². The first-order chi connectivity index (χ1) is 16.5. The SMILES string of the molecule is CCOC(=O)C1=C(C#Cc2ccccc2)C(Cc2ccccc2)(C(=O)O)C(C2CCC2)=NC1C. The Balaban J connectivity index is 1.98. The van der Waals surface area contributed by atoms with Gasteiger partial charge in [-0.3, -0.25) is 9.79 Å². The summed E-state index contributed by atoms with van der Waals surface area (Å²) in [5, 5.41) is 10.8. The minimum atomic E-state index is -1.52. The zero-order valence-corrected chi connectivity index (χ0v) is 19.6. The molecular weight excluding hydrogens is 426 g/mol. The van der Waals surface area contributed by atoms with Crippen LogP contribution >= 0.6 is 0 Å². The topological polar surface area (TPSA) is 76.0 Å². The predicted molar refractivity (Wildman–Crippen MR) is 131 cm³/mol. The molecule has 0 amide bonds. The minimum absolute atomic E-state index is 0.0690. The minimum Gasteiger partial charge on any atom is -0.480 e. The number of carboxylic acid groups (broad SMARTS) is 1. The van der Waals surface area contributed by atoms with Gasteiger partial charge in [-0.25, -0.2) is 4.79 Å². The summed E-state index contributed by atoms with van der Waals surface area (Å²) in [5.74, 6) is 4.75. The van der Waals surface area contributed by atoms with Crippen LogP contribution in [0.1, 0.15) is 44.2 Å². The van der Waals surface area contributed by atoms with Gasteiger partial charge in [0, 0.05) is 16.8 Å². The van der Waals surface area contributed by atoms with E-state index in [2.05, 4.69) is 11.8 Å². The average Bonchev–Trinajstić information content (AvgIpc) is 2.79. The van der Waals surface area contributed by atoms with Gasteiger partial charge in [-0.15, -0.1) is 0 Å². The summed E-state index contributed by atoms with van der Waals surface area (Å²) in [7, 11) is 0. The molecule has 1 aliphatic carbocycles. The lowest BCUT2D eigenvalue weighted by molar-refractivity contribution is -0.143. The molecule has 2 aromatic carbocycles. The molecule has 0 spiro atoms. The number of rotatable bonds is 6. The number of hydrogen-bond acceptors (Lipinski definition) is 4. The molecule has 34 heavy (non-hydrogen) atoms. The Morgan fingerprint density at radius 1 is 1.06 bits per heavy atom. The summed E-state index contributed by atoms with van der Waals surface area (Å²) in [6, 6.07) is 18.4. The largest absolute Gasteiger partial charge is 0.480 e. The van der Waals surface area contributed by atoms with E-state index in [0.717, 1.165) is 30.4 Å². The zero-order chi connectivity index (χ0) is 24.1. The molecule has 0 saturated heterocycles. The van der Waals surface area contributed by atoms with Gasteiger partial charge in [-0.05, 0) is 56.7 Å². The van der Waals surface area contributed by atoms with Crippen LogP contribution in [0, 0.1) is 23.2 Å². The van der Waals surface area contributed by atoms with Crippen LogP contribution in [-0.4, -0.2) is 35.4 Å². The van der Waals surface area contributed by atoms with E-state index in [1.54, 1.807) is 6.92 Å². The molecule has 1 aliphatic heterocycles. The van der Waals surface area contributed by atoms with Crippen LogP contribution in [0.15, 0.2) is 76.8 Å². The van der Waals surface area contributed by atoms with Crippen molar-refractivity contribution in [3.05, 3.63) is 82.9 Å². The Kier molecular flexibility index (Phi) is 6.98. The maximum Gasteiger partial charge on any atom is 0.337 e. The van der Waals surface area contributed by atoms with Crippen LogP contribution in [0.3, 0.4) is 0 Å². The first kappa shape index (κ1) is 23.5. The standard InChI is InChI=1S/C29H29NO4/c1-3-34-27(31)25-20(2)30-26(23-15-10-16-23)29(28(32)33,19-22-13-8-5-9-14-22)24(25)18-17-21-11-6-4-7-12-21/h4-9,11-14,20,23H,3,10,15-16,19H2,1-2H3,(H,32,33). The maximum atomic E-state index is 13.3. The van der Waals surface area contributed by atoms with Gasteiger partial charge in [0.2, 0.25) is 0 Å². The first-order valence-electron chi connectivity index (χ1n) is 11.8. The van der Waals surface area contributed by atoms with E-state index >= 15 is 0 Å². The van der Waals surface area contributed by atoms with Crippen molar-refractivity contribution in [2.45, 2.75) is 45.6 Å². The van der Waals surface area contributed by atoms with Crippen molar-refractivity contribution in [1.29, 1.82) is 0 Å². The molecule has 5 nitrogen and oxygen atoms in total. The molecule has 0 bridgehead atoms. The van der Waals surface area contributed by atoms with E-state index < -0.39 is 23.4 Å². The van der Waals surface area contributed by atoms with E-state index in [9.17, 15) is 14.7 Å². The summed E-state index contributed by atoms with van der Waals surface area (Å²) in [6.45, 7) is 3.74. The number of aliphatic carboxylic acids is 1. The molecule has 5 heteroatoms. The van der Waals surface area contributed by atoms with Crippen LogP contribution in [0.2, 0.25) is 0 Å². The highest BCUT2D eigenvalue weighted by Gasteiger charge is 2.54. The van der Waals surface area contributed by atoms with Crippen molar-refractivity contribution < 1.29 is 19.4 Å². The molecular formula is C29H29NO4. The fourth-order valence-electron chi connectivity index (χ4n) is 4.77. The first-order valence-corrected chi connectivity index (χ1v) is 11.8. The van der Waals surface area contributed by atoms with Crippen LogP contribution < -0.4 is 0 Å². The molecule has 1 heterocycles. The number of nitrogens with zero attached hydrogens (tertiary/aromatic N) is 1. The van der Waals surface area contributed by atoms with Crippen LogP contribution in [0.5, 0.6) is 0 Å². The Morgan fingerprint density at radius 2 is 1.71 bits per heavy atom. The number of dihydropyridines is 1. The third-order valence-electron chi connectivity index (χ3n) is 6.65. The lowest BCUT2D eigenvalue weighted by atomic mass is 9.61. The molecule has 174 valence electrons. The van der Waals surface area contributed by atoms with Crippen LogP contribution in [-0.2, 0) is 20.7 Å². The second-order valence-electron chi connectivity index (χ2n) is 8.82. The normalized spacial score (nSPS) is 22.2. The number of carboxylic acids is 1. The summed E-state index contributed by atoms with van der Waals surface area (Å²) < 4.78 is 5.37. The van der Waals surface area contributed by atoms with E-state index in [1.807, 2.05) is 67.6 Å². The summed E-state index contributed by atoms with van der Waals surface area (Å²) in [4.78, 5) is 31.3. The van der Waals surface area contributed by atoms with Crippen LogP contribution in [0.4, 0.5) is 0 Å². The van der Waals surface area contributed by atoms with Crippen molar-refractivity contribution >= 4 is 17.7 Å². The van der Waals surface area contributed by atoms with Gasteiger partial charge in [0.1, 0.15) is 5.41 Å². The smallest absolute Gasteiger partial charge is 0.337 e. The van der Waals surface area contributed by atoms with Crippen molar-refractivity contribution in [2.75, 3.05) is 6.61 Å². The molecule has 2 unspecified atom stereocenters. The van der Waals surface area contributed by atoms with Gasteiger partial charge in [0.25, 0.3) is 0 Å². The number of hydrogen-bond donors (Lipinski definition) is 1. The van der Waals surface area contributed by atoms with Gasteiger partial charge in [0.05, 0.1) is 18.2 Å². The lowest BCUT2D eigenvalue weighted by Gasteiger charge is -2.43. The second kappa shape index (κ2) is 10.1. The Bertz CT molecular complexity index is 1180. The number of benzene rings is 2. The quantitative estimate of drug-likeness (QED) is 0.499. The van der Waals surface area contributed by atoms with Crippen molar-refractivity contribution in [3.63, 3.8) is 0 Å². The molecule has 0 radical (unpaired) electrons. The van der Waals surface area contributed by atoms with Gasteiger partial charge in [-0.2, -0.15) is 0 Å². The molecule has 1 saturated carbocycles. The summed E-state index contributed by atoms with van der Waals surface area (Å²) in [5.41, 5.74) is 1.25. The lowest BCUT2D eigenvalue weighted by Crippen LogP contribution is -2.51. The average molecular weight is 456 g/mol. The van der Waals surface area contributed by atoms with Gasteiger partial charge in [-0.1, -0.05) is 66.8 Å². The monoisotopic (exact) mass is 455 g/mol. The fraction of sp³-hybridized carbons (Fsp3) is 0.345. The highest BCUT2D eigenvalue weighted by atomic mass is 16.5. The van der Waals surface area contributed by atoms with E-state index in [0.29, 0.717) is 11.3 Å². The van der Waals surface area contributed by atoms with Gasteiger partial charge in [0.15, 0.2) is 0 Å². The highest BCUT2D eigenvalue weighted by Crippen LogP contribution is 2.47. The third kappa shape index (κ3) is 4.41. The van der Waals surface area contributed by atoms with E-state index in [-0.39, 0.29) is 24.5 Å². The molecule has 1 N–H and O–H groups in total. The molecule has 2 atom stereocenters.